The molecule has 7 heteroatoms. The van der Waals surface area contributed by atoms with Crippen LogP contribution in [0.3, 0.4) is 0 Å². The second kappa shape index (κ2) is 5.90. The Balaban J connectivity index is 2.31. The Labute approximate surface area is 122 Å². The second-order valence-corrected chi connectivity index (χ2v) is 5.21. The molecular formula is C14H17N3O4. The van der Waals surface area contributed by atoms with Crippen molar-refractivity contribution in [2.75, 3.05) is 13.1 Å². The van der Waals surface area contributed by atoms with E-state index in [2.05, 4.69) is 10.3 Å². The molecule has 0 aromatic carbocycles. The number of nitrogens with one attached hydrogen (secondary N) is 1. The van der Waals surface area contributed by atoms with Gasteiger partial charge in [0, 0.05) is 19.3 Å². The van der Waals surface area contributed by atoms with E-state index in [1.807, 2.05) is 13.8 Å². The van der Waals surface area contributed by atoms with Crippen molar-refractivity contribution in [1.82, 2.24) is 15.2 Å². The van der Waals surface area contributed by atoms with Crippen molar-refractivity contribution < 1.29 is 19.5 Å². The van der Waals surface area contributed by atoms with Gasteiger partial charge in [-0.2, -0.15) is 0 Å². The summed E-state index contributed by atoms with van der Waals surface area (Å²) in [7, 11) is 0. The molecule has 1 fully saturated rings. The lowest BCUT2D eigenvalue weighted by atomic mass is 9.99. The molecule has 1 unspecified atom stereocenters. The van der Waals surface area contributed by atoms with Crippen LogP contribution in [0.4, 0.5) is 0 Å². The van der Waals surface area contributed by atoms with Crippen molar-refractivity contribution in [3.8, 4) is 0 Å². The molecule has 112 valence electrons. The topological polar surface area (TPSA) is 99.6 Å². The molecule has 2 heterocycles. The summed E-state index contributed by atoms with van der Waals surface area (Å²) in [5, 5.41) is 11.7. The van der Waals surface area contributed by atoms with Crippen molar-refractivity contribution in [2.24, 2.45) is 5.92 Å². The smallest absolute Gasteiger partial charge is 0.335 e. The van der Waals surface area contributed by atoms with E-state index in [1.54, 1.807) is 0 Å². The zero-order chi connectivity index (χ0) is 15.6. The summed E-state index contributed by atoms with van der Waals surface area (Å²) >= 11 is 0. The summed E-state index contributed by atoms with van der Waals surface area (Å²) in [6.45, 7) is 4.48. The molecule has 0 aliphatic carbocycles. The number of carbonyl (C=O) groups is 3. The highest BCUT2D eigenvalue weighted by atomic mass is 16.4. The van der Waals surface area contributed by atoms with Gasteiger partial charge in [0.15, 0.2) is 0 Å². The quantitative estimate of drug-likeness (QED) is 0.838. The van der Waals surface area contributed by atoms with Crippen molar-refractivity contribution >= 4 is 17.8 Å². The van der Waals surface area contributed by atoms with E-state index in [4.69, 9.17) is 5.11 Å². The molecule has 2 amide bonds. The number of carboxylic acid groups (broad SMARTS) is 1. The van der Waals surface area contributed by atoms with Gasteiger partial charge in [0.05, 0.1) is 5.56 Å². The van der Waals surface area contributed by atoms with Crippen LogP contribution >= 0.6 is 0 Å². The molecule has 1 aromatic heterocycles. The molecule has 0 spiro atoms. The summed E-state index contributed by atoms with van der Waals surface area (Å²) in [6.07, 6.45) is 1.28. The van der Waals surface area contributed by atoms with Crippen LogP contribution in [0, 0.1) is 5.92 Å². The van der Waals surface area contributed by atoms with Gasteiger partial charge in [0.1, 0.15) is 11.7 Å². The number of amides is 2. The third-order valence-corrected chi connectivity index (χ3v) is 3.37. The maximum Gasteiger partial charge on any atom is 0.335 e. The first-order valence-electron chi connectivity index (χ1n) is 6.70. The zero-order valence-electron chi connectivity index (χ0n) is 11.9. The normalized spacial score (nSPS) is 18.5. The molecule has 1 aliphatic heterocycles. The molecule has 2 N–H and O–H groups in total. The summed E-state index contributed by atoms with van der Waals surface area (Å²) in [4.78, 5) is 40.8. The SMILES string of the molecule is CC(C)C1C(=O)NCCN1C(=O)c1cc(C(=O)O)ccn1. The number of piperazine rings is 1. The van der Waals surface area contributed by atoms with E-state index in [0.717, 1.165) is 0 Å². The third-order valence-electron chi connectivity index (χ3n) is 3.37. The van der Waals surface area contributed by atoms with Crippen LogP contribution in [0.25, 0.3) is 0 Å². The number of hydrogen-bond acceptors (Lipinski definition) is 4. The predicted octanol–water partition coefficient (Wildman–Crippen LogP) is 0.376. The van der Waals surface area contributed by atoms with Crippen LogP contribution in [0.1, 0.15) is 34.7 Å². The highest BCUT2D eigenvalue weighted by molar-refractivity contribution is 5.98. The van der Waals surface area contributed by atoms with Crippen LogP contribution in [-0.2, 0) is 4.79 Å². The van der Waals surface area contributed by atoms with Crippen molar-refractivity contribution in [3.63, 3.8) is 0 Å². The van der Waals surface area contributed by atoms with E-state index in [0.29, 0.717) is 13.1 Å². The number of rotatable bonds is 3. The molecule has 21 heavy (non-hydrogen) atoms. The molecule has 1 aliphatic rings. The van der Waals surface area contributed by atoms with Crippen LogP contribution in [0.5, 0.6) is 0 Å². The zero-order valence-corrected chi connectivity index (χ0v) is 11.9. The standard InChI is InChI=1S/C14H17N3O4/c1-8(2)11-12(18)16-5-6-17(11)13(19)10-7-9(14(20)21)3-4-15-10/h3-4,7-8,11H,5-6H2,1-2H3,(H,16,18)(H,20,21). The summed E-state index contributed by atoms with van der Waals surface area (Å²) in [5.41, 5.74) is 0.0335. The molecular weight excluding hydrogens is 274 g/mol. The van der Waals surface area contributed by atoms with Gasteiger partial charge in [-0.05, 0) is 18.1 Å². The van der Waals surface area contributed by atoms with Gasteiger partial charge in [-0.1, -0.05) is 13.8 Å². The number of hydrogen-bond donors (Lipinski definition) is 2. The lowest BCUT2D eigenvalue weighted by Gasteiger charge is -2.37. The fraction of sp³-hybridized carbons (Fsp3) is 0.429. The van der Waals surface area contributed by atoms with E-state index in [9.17, 15) is 14.4 Å². The fourth-order valence-corrected chi connectivity index (χ4v) is 2.40. The van der Waals surface area contributed by atoms with Crippen molar-refractivity contribution in [2.45, 2.75) is 19.9 Å². The number of carbonyl (C=O) groups excluding carboxylic acids is 2. The first-order valence-corrected chi connectivity index (χ1v) is 6.70. The molecule has 0 bridgehead atoms. The average Bonchev–Trinajstić information content (AvgIpc) is 2.45. The Morgan fingerprint density at radius 2 is 2.19 bits per heavy atom. The molecule has 1 atom stereocenters. The van der Waals surface area contributed by atoms with Gasteiger partial charge in [-0.15, -0.1) is 0 Å². The Morgan fingerprint density at radius 1 is 1.48 bits per heavy atom. The maximum atomic E-state index is 12.5. The first kappa shape index (κ1) is 15.0. The minimum Gasteiger partial charge on any atom is -0.478 e. The lowest BCUT2D eigenvalue weighted by molar-refractivity contribution is -0.129. The minimum absolute atomic E-state index is 0.00379. The van der Waals surface area contributed by atoms with Gasteiger partial charge >= 0.3 is 5.97 Å². The monoisotopic (exact) mass is 291 g/mol. The number of aromatic carboxylic acids is 1. The molecule has 1 saturated heterocycles. The highest BCUT2D eigenvalue weighted by Crippen LogP contribution is 2.17. The van der Waals surface area contributed by atoms with E-state index in [1.165, 1.54) is 23.2 Å². The fourth-order valence-electron chi connectivity index (χ4n) is 2.40. The Bertz CT molecular complexity index is 585. The number of nitrogens with zero attached hydrogens (tertiary/aromatic N) is 2. The molecule has 2 rings (SSSR count). The predicted molar refractivity (Wildman–Crippen MR) is 73.9 cm³/mol. The molecule has 7 nitrogen and oxygen atoms in total. The third kappa shape index (κ3) is 3.01. The van der Waals surface area contributed by atoms with Gasteiger partial charge in [-0.3, -0.25) is 14.6 Å². The number of carboxylic acids is 1. The summed E-state index contributed by atoms with van der Waals surface area (Å²) in [6, 6.07) is 1.98. The van der Waals surface area contributed by atoms with Crippen molar-refractivity contribution in [3.05, 3.63) is 29.6 Å². The van der Waals surface area contributed by atoms with Gasteiger partial charge < -0.3 is 15.3 Å². The van der Waals surface area contributed by atoms with Crippen LogP contribution < -0.4 is 5.32 Å². The highest BCUT2D eigenvalue weighted by Gasteiger charge is 2.36. The Kier molecular flexibility index (Phi) is 4.21. The van der Waals surface area contributed by atoms with Crippen molar-refractivity contribution in [1.29, 1.82) is 0 Å². The van der Waals surface area contributed by atoms with Gasteiger partial charge in [0.2, 0.25) is 5.91 Å². The van der Waals surface area contributed by atoms with Gasteiger partial charge in [-0.25, -0.2) is 4.79 Å². The lowest BCUT2D eigenvalue weighted by Crippen LogP contribution is -2.59. The Morgan fingerprint density at radius 3 is 2.81 bits per heavy atom. The van der Waals surface area contributed by atoms with E-state index >= 15 is 0 Å². The first-order chi connectivity index (χ1) is 9.91. The maximum absolute atomic E-state index is 12.5. The Hall–Kier alpha value is -2.44. The summed E-state index contributed by atoms with van der Waals surface area (Å²) < 4.78 is 0. The number of aromatic nitrogens is 1. The van der Waals surface area contributed by atoms with Crippen LogP contribution in [0.2, 0.25) is 0 Å². The van der Waals surface area contributed by atoms with E-state index in [-0.39, 0.29) is 23.1 Å². The number of pyridine rings is 1. The molecule has 1 aromatic rings. The second-order valence-electron chi connectivity index (χ2n) is 5.21. The molecule has 0 radical (unpaired) electrons. The largest absolute Gasteiger partial charge is 0.478 e. The van der Waals surface area contributed by atoms with Crippen LogP contribution in [-0.4, -0.2) is 51.9 Å². The minimum atomic E-state index is -1.12. The molecule has 0 saturated carbocycles. The van der Waals surface area contributed by atoms with Crippen LogP contribution in [0.15, 0.2) is 18.3 Å². The van der Waals surface area contributed by atoms with E-state index < -0.39 is 17.9 Å². The van der Waals surface area contributed by atoms with Gasteiger partial charge in [0.25, 0.3) is 5.91 Å². The average molecular weight is 291 g/mol. The summed E-state index contributed by atoms with van der Waals surface area (Å²) in [5.74, 6) is -1.79.